The molecule has 0 aromatic heterocycles. The van der Waals surface area contributed by atoms with Crippen LogP contribution in [0.1, 0.15) is 25.0 Å². The van der Waals surface area contributed by atoms with Gasteiger partial charge in [0.2, 0.25) is 0 Å². The Morgan fingerprint density at radius 3 is 2.83 bits per heavy atom. The third-order valence-corrected chi connectivity index (χ3v) is 2.22. The van der Waals surface area contributed by atoms with Gasteiger partial charge in [0, 0.05) is 12.7 Å². The van der Waals surface area contributed by atoms with E-state index in [1.165, 1.54) is 18.2 Å². The molecule has 0 spiro atoms. The molecule has 0 atom stereocenters. The van der Waals surface area contributed by atoms with Crippen molar-refractivity contribution in [2.75, 3.05) is 6.61 Å². The third-order valence-electron chi connectivity index (χ3n) is 2.22. The highest BCUT2D eigenvalue weighted by Crippen LogP contribution is 2.15. The van der Waals surface area contributed by atoms with Gasteiger partial charge in [0.1, 0.15) is 5.82 Å². The predicted octanol–water partition coefficient (Wildman–Crippen LogP) is 3.10. The first-order valence-corrected chi connectivity index (χ1v) is 5.76. The van der Waals surface area contributed by atoms with Crippen LogP contribution in [0.2, 0.25) is 0 Å². The summed E-state index contributed by atoms with van der Waals surface area (Å²) in [7, 11) is 0. The Kier molecular flexibility index (Phi) is 5.52. The van der Waals surface area contributed by atoms with Gasteiger partial charge in [0.25, 0.3) is 0 Å². The lowest BCUT2D eigenvalue weighted by Gasteiger charge is -2.09. The zero-order valence-corrected chi connectivity index (χ0v) is 10.5. The molecular formula is C14H17FO3. The lowest BCUT2D eigenvalue weighted by molar-refractivity contribution is -0.131. The Labute approximate surface area is 106 Å². The maximum Gasteiger partial charge on any atom is 0.328 e. The smallest absolute Gasteiger partial charge is 0.328 e. The molecule has 0 radical (unpaired) electrons. The largest absolute Gasteiger partial charge is 0.478 e. The van der Waals surface area contributed by atoms with Crippen LogP contribution in [0, 0.1) is 11.7 Å². The van der Waals surface area contributed by atoms with Crippen LogP contribution in [-0.4, -0.2) is 17.7 Å². The summed E-state index contributed by atoms with van der Waals surface area (Å²) in [5, 5.41) is 8.57. The molecule has 0 aliphatic rings. The lowest BCUT2D eigenvalue weighted by Crippen LogP contribution is -2.03. The minimum atomic E-state index is -1.06. The normalized spacial score (nSPS) is 11.3. The van der Waals surface area contributed by atoms with Crippen molar-refractivity contribution in [3.8, 4) is 0 Å². The van der Waals surface area contributed by atoms with E-state index in [2.05, 4.69) is 0 Å². The van der Waals surface area contributed by atoms with Crippen LogP contribution in [0.15, 0.2) is 24.3 Å². The van der Waals surface area contributed by atoms with E-state index in [0.29, 0.717) is 24.7 Å². The van der Waals surface area contributed by atoms with E-state index in [1.54, 1.807) is 6.07 Å². The number of benzene rings is 1. The summed E-state index contributed by atoms with van der Waals surface area (Å²) in [5.41, 5.74) is 1.30. The van der Waals surface area contributed by atoms with E-state index in [4.69, 9.17) is 9.84 Å². The lowest BCUT2D eigenvalue weighted by atomic mass is 10.1. The summed E-state index contributed by atoms with van der Waals surface area (Å²) in [5.74, 6) is -1.04. The third kappa shape index (κ3) is 5.10. The van der Waals surface area contributed by atoms with Crippen molar-refractivity contribution in [3.63, 3.8) is 0 Å². The van der Waals surface area contributed by atoms with Gasteiger partial charge in [0.15, 0.2) is 0 Å². The molecule has 0 saturated carbocycles. The first-order chi connectivity index (χ1) is 8.49. The molecule has 0 amide bonds. The summed E-state index contributed by atoms with van der Waals surface area (Å²) in [6.45, 7) is 5.03. The Bertz CT molecular complexity index is 439. The minimum Gasteiger partial charge on any atom is -0.478 e. The molecule has 0 aliphatic carbocycles. The second-order valence-electron chi connectivity index (χ2n) is 4.42. The SMILES string of the molecule is CC(C)COCc1ccc(F)cc1/C=C/C(=O)O. The number of ether oxygens (including phenoxy) is 1. The summed E-state index contributed by atoms with van der Waals surface area (Å²) >= 11 is 0. The molecule has 0 saturated heterocycles. The second kappa shape index (κ2) is 6.91. The van der Waals surface area contributed by atoms with Crippen molar-refractivity contribution in [1.82, 2.24) is 0 Å². The van der Waals surface area contributed by atoms with E-state index < -0.39 is 11.8 Å². The van der Waals surface area contributed by atoms with E-state index in [0.717, 1.165) is 11.6 Å². The average molecular weight is 252 g/mol. The second-order valence-corrected chi connectivity index (χ2v) is 4.42. The number of aliphatic carboxylic acids is 1. The van der Waals surface area contributed by atoms with Crippen LogP contribution in [-0.2, 0) is 16.1 Å². The topological polar surface area (TPSA) is 46.5 Å². The van der Waals surface area contributed by atoms with Gasteiger partial charge >= 0.3 is 5.97 Å². The van der Waals surface area contributed by atoms with Gasteiger partial charge in [-0.1, -0.05) is 19.9 Å². The van der Waals surface area contributed by atoms with E-state index >= 15 is 0 Å². The zero-order chi connectivity index (χ0) is 13.5. The molecule has 0 bridgehead atoms. The number of hydrogen-bond donors (Lipinski definition) is 1. The highest BCUT2D eigenvalue weighted by atomic mass is 19.1. The molecule has 0 heterocycles. The molecule has 4 heteroatoms. The first kappa shape index (κ1) is 14.4. The summed E-state index contributed by atoms with van der Waals surface area (Å²) < 4.78 is 18.6. The van der Waals surface area contributed by atoms with Gasteiger partial charge in [-0.15, -0.1) is 0 Å². The van der Waals surface area contributed by atoms with E-state index in [1.807, 2.05) is 13.8 Å². The van der Waals surface area contributed by atoms with Crippen LogP contribution in [0.3, 0.4) is 0 Å². The Hall–Kier alpha value is -1.68. The van der Waals surface area contributed by atoms with Crippen molar-refractivity contribution < 1.29 is 19.0 Å². The van der Waals surface area contributed by atoms with Crippen LogP contribution < -0.4 is 0 Å². The molecule has 1 N–H and O–H groups in total. The predicted molar refractivity (Wildman–Crippen MR) is 67.6 cm³/mol. The number of hydrogen-bond acceptors (Lipinski definition) is 2. The highest BCUT2D eigenvalue weighted by molar-refractivity contribution is 5.85. The number of carboxylic acid groups (broad SMARTS) is 1. The van der Waals surface area contributed by atoms with Crippen LogP contribution >= 0.6 is 0 Å². The quantitative estimate of drug-likeness (QED) is 0.791. The summed E-state index contributed by atoms with van der Waals surface area (Å²) in [4.78, 5) is 10.5. The van der Waals surface area contributed by atoms with Crippen molar-refractivity contribution in [2.24, 2.45) is 5.92 Å². The number of rotatable bonds is 6. The first-order valence-electron chi connectivity index (χ1n) is 5.76. The van der Waals surface area contributed by atoms with Crippen molar-refractivity contribution >= 4 is 12.0 Å². The van der Waals surface area contributed by atoms with Crippen LogP contribution in [0.25, 0.3) is 6.08 Å². The maximum atomic E-state index is 13.1. The molecular weight excluding hydrogens is 235 g/mol. The zero-order valence-electron chi connectivity index (χ0n) is 10.5. The summed E-state index contributed by atoms with van der Waals surface area (Å²) in [6.07, 6.45) is 2.36. The number of carboxylic acids is 1. The van der Waals surface area contributed by atoms with Gasteiger partial charge < -0.3 is 9.84 Å². The minimum absolute atomic E-state index is 0.345. The molecule has 18 heavy (non-hydrogen) atoms. The molecule has 0 fully saturated rings. The molecule has 1 aromatic rings. The standard InChI is InChI=1S/C14H17FO3/c1-10(2)8-18-9-12-3-5-13(15)7-11(12)4-6-14(16)17/h3-7,10H,8-9H2,1-2H3,(H,16,17)/b6-4+. The fraction of sp³-hybridized carbons (Fsp3) is 0.357. The van der Waals surface area contributed by atoms with Gasteiger partial charge in [-0.05, 0) is 35.3 Å². The molecule has 0 aliphatic heterocycles. The molecule has 1 aromatic carbocycles. The maximum absolute atomic E-state index is 13.1. The van der Waals surface area contributed by atoms with E-state index in [9.17, 15) is 9.18 Å². The monoisotopic (exact) mass is 252 g/mol. The highest BCUT2D eigenvalue weighted by Gasteiger charge is 2.03. The van der Waals surface area contributed by atoms with Crippen molar-refractivity contribution in [1.29, 1.82) is 0 Å². The van der Waals surface area contributed by atoms with Gasteiger partial charge in [-0.25, -0.2) is 9.18 Å². The Morgan fingerprint density at radius 2 is 2.22 bits per heavy atom. The number of halogens is 1. The molecule has 3 nitrogen and oxygen atoms in total. The van der Waals surface area contributed by atoms with Crippen molar-refractivity contribution in [3.05, 3.63) is 41.2 Å². The molecule has 98 valence electrons. The Morgan fingerprint density at radius 1 is 1.50 bits per heavy atom. The number of carbonyl (C=O) groups is 1. The average Bonchev–Trinajstić information content (AvgIpc) is 2.28. The van der Waals surface area contributed by atoms with E-state index in [-0.39, 0.29) is 0 Å². The van der Waals surface area contributed by atoms with Gasteiger partial charge in [-0.3, -0.25) is 0 Å². The summed E-state index contributed by atoms with van der Waals surface area (Å²) in [6, 6.07) is 4.25. The fourth-order valence-electron chi connectivity index (χ4n) is 1.42. The van der Waals surface area contributed by atoms with Crippen LogP contribution in [0.5, 0.6) is 0 Å². The van der Waals surface area contributed by atoms with Gasteiger partial charge in [-0.2, -0.15) is 0 Å². The molecule has 0 unspecified atom stereocenters. The molecule has 1 rings (SSSR count). The Balaban J connectivity index is 2.79. The van der Waals surface area contributed by atoms with Crippen LogP contribution in [0.4, 0.5) is 4.39 Å². The van der Waals surface area contributed by atoms with Gasteiger partial charge in [0.05, 0.1) is 6.61 Å². The van der Waals surface area contributed by atoms with Crippen molar-refractivity contribution in [2.45, 2.75) is 20.5 Å². The fourth-order valence-corrected chi connectivity index (χ4v) is 1.42.